The summed E-state index contributed by atoms with van der Waals surface area (Å²) in [6.45, 7) is 7.60. The first kappa shape index (κ1) is 30.1. The minimum atomic E-state index is -0.651. The zero-order valence-electron chi connectivity index (χ0n) is 21.0. The van der Waals surface area contributed by atoms with Crippen LogP contribution in [0.2, 0.25) is 0 Å². The van der Waals surface area contributed by atoms with Gasteiger partial charge in [-0.2, -0.15) is 0 Å². The second-order valence-corrected chi connectivity index (χ2v) is 8.57. The minimum Gasteiger partial charge on any atom is -0.356 e. The smallest absolute Gasteiger partial charge is 0.242 e. The van der Waals surface area contributed by atoms with Crippen molar-refractivity contribution < 1.29 is 14.4 Å². The van der Waals surface area contributed by atoms with E-state index in [0.717, 1.165) is 57.8 Å². The van der Waals surface area contributed by atoms with Gasteiger partial charge in [-0.1, -0.05) is 65.0 Å². The van der Waals surface area contributed by atoms with Crippen LogP contribution < -0.4 is 16.0 Å². The van der Waals surface area contributed by atoms with E-state index in [1.807, 2.05) is 0 Å². The second-order valence-electron chi connectivity index (χ2n) is 8.57. The molecule has 3 N–H and O–H groups in total. The van der Waals surface area contributed by atoms with Crippen LogP contribution in [0.3, 0.4) is 0 Å². The van der Waals surface area contributed by atoms with E-state index < -0.39 is 6.04 Å². The summed E-state index contributed by atoms with van der Waals surface area (Å²) >= 11 is 0. The Balaban J connectivity index is 4.26. The highest BCUT2D eigenvalue weighted by Crippen LogP contribution is 2.07. The fourth-order valence-electron chi connectivity index (χ4n) is 3.29. The molecule has 0 unspecified atom stereocenters. The molecule has 0 aliphatic carbocycles. The lowest BCUT2D eigenvalue weighted by Gasteiger charge is -2.18. The number of hydrogen-bond donors (Lipinski definition) is 3. The molecular weight excluding hydrogens is 402 g/mol. The highest BCUT2D eigenvalue weighted by molar-refractivity contribution is 5.88. The average molecular weight is 452 g/mol. The summed E-state index contributed by atoms with van der Waals surface area (Å²) in [4.78, 5) is 36.9. The Morgan fingerprint density at radius 2 is 1.25 bits per heavy atom. The molecule has 3 amide bonds. The molecule has 0 aliphatic heterocycles. The number of unbranched alkanes of at least 4 members (excludes halogenated alkanes) is 8. The first-order valence-corrected chi connectivity index (χ1v) is 13.0. The topological polar surface area (TPSA) is 87.3 Å². The van der Waals surface area contributed by atoms with Crippen LogP contribution in [0.5, 0.6) is 0 Å². The van der Waals surface area contributed by atoms with Gasteiger partial charge in [0.05, 0.1) is 0 Å². The van der Waals surface area contributed by atoms with Crippen molar-refractivity contribution >= 4 is 17.7 Å². The van der Waals surface area contributed by atoms with Crippen molar-refractivity contribution in [2.24, 2.45) is 0 Å². The molecule has 6 heteroatoms. The number of rotatable bonds is 21. The monoisotopic (exact) mass is 451 g/mol. The Morgan fingerprint density at radius 3 is 1.88 bits per heavy atom. The van der Waals surface area contributed by atoms with Gasteiger partial charge in [0.2, 0.25) is 17.7 Å². The van der Waals surface area contributed by atoms with Gasteiger partial charge in [-0.3, -0.25) is 14.4 Å². The van der Waals surface area contributed by atoms with Gasteiger partial charge in [-0.15, -0.1) is 0 Å². The van der Waals surface area contributed by atoms with E-state index in [2.05, 4.69) is 48.9 Å². The van der Waals surface area contributed by atoms with E-state index >= 15 is 0 Å². The number of amides is 3. The Kier molecular flexibility index (Phi) is 21.1. The molecule has 186 valence electrons. The molecule has 0 radical (unpaired) electrons. The van der Waals surface area contributed by atoms with Crippen molar-refractivity contribution in [1.82, 2.24) is 16.0 Å². The quantitative estimate of drug-likeness (QED) is 0.166. The lowest BCUT2D eigenvalue weighted by atomic mass is 10.1. The second kappa shape index (κ2) is 22.3. The van der Waals surface area contributed by atoms with Crippen LogP contribution in [0.1, 0.15) is 117 Å². The van der Waals surface area contributed by atoms with E-state index in [4.69, 9.17) is 0 Å². The predicted molar refractivity (Wildman–Crippen MR) is 133 cm³/mol. The normalized spacial score (nSPS) is 12.0. The fraction of sp³-hybridized carbons (Fsp3) is 0.808. The van der Waals surface area contributed by atoms with Crippen molar-refractivity contribution in [2.75, 3.05) is 13.1 Å². The van der Waals surface area contributed by atoms with Crippen LogP contribution in [0.4, 0.5) is 0 Å². The highest BCUT2D eigenvalue weighted by Gasteiger charge is 2.21. The zero-order chi connectivity index (χ0) is 23.9. The molecule has 0 heterocycles. The van der Waals surface area contributed by atoms with Gasteiger partial charge in [-0.25, -0.2) is 0 Å². The molecule has 0 saturated heterocycles. The van der Waals surface area contributed by atoms with Gasteiger partial charge >= 0.3 is 0 Å². The summed E-state index contributed by atoms with van der Waals surface area (Å²) in [7, 11) is 0. The molecule has 0 bridgehead atoms. The molecule has 0 aliphatic rings. The standard InChI is InChI=1S/C26H49N3O3/c1-4-7-10-11-12-13-14-15-16-17-18-25(31)29-23(26(32)28-22-9-6-3)19-20-24(30)27-21-8-5-2/h12-13,23H,4-11,14-22H2,1-3H3,(H,27,30)(H,28,32)(H,29,31)/b13-12+/t23-/m0/s1. The maximum atomic E-state index is 12.5. The maximum Gasteiger partial charge on any atom is 0.242 e. The van der Waals surface area contributed by atoms with Gasteiger partial charge in [0.1, 0.15) is 6.04 Å². The molecule has 0 aromatic rings. The Labute approximate surface area is 196 Å². The number of hydrogen-bond acceptors (Lipinski definition) is 3. The molecular formula is C26H49N3O3. The van der Waals surface area contributed by atoms with Crippen LogP contribution in [0, 0.1) is 0 Å². The van der Waals surface area contributed by atoms with E-state index in [-0.39, 0.29) is 24.1 Å². The van der Waals surface area contributed by atoms with Crippen molar-refractivity contribution in [3.63, 3.8) is 0 Å². The van der Waals surface area contributed by atoms with E-state index in [9.17, 15) is 14.4 Å². The molecule has 0 aromatic heterocycles. The average Bonchev–Trinajstić information content (AvgIpc) is 2.78. The fourth-order valence-corrected chi connectivity index (χ4v) is 3.29. The molecule has 1 atom stereocenters. The van der Waals surface area contributed by atoms with Gasteiger partial charge in [0, 0.05) is 25.9 Å². The molecule has 0 spiro atoms. The van der Waals surface area contributed by atoms with Gasteiger partial charge in [0.15, 0.2) is 0 Å². The van der Waals surface area contributed by atoms with Crippen molar-refractivity contribution in [2.45, 2.75) is 123 Å². The highest BCUT2D eigenvalue weighted by atomic mass is 16.2. The Bertz CT molecular complexity index is 520. The maximum absolute atomic E-state index is 12.5. The summed E-state index contributed by atoms with van der Waals surface area (Å²) in [6, 6.07) is -0.651. The van der Waals surface area contributed by atoms with Gasteiger partial charge in [0.25, 0.3) is 0 Å². The summed E-state index contributed by atoms with van der Waals surface area (Å²) in [5.41, 5.74) is 0. The molecule has 0 fully saturated rings. The molecule has 0 rings (SSSR count). The van der Waals surface area contributed by atoms with Gasteiger partial charge in [-0.05, 0) is 51.4 Å². The van der Waals surface area contributed by atoms with Crippen LogP contribution in [-0.4, -0.2) is 36.9 Å². The first-order valence-electron chi connectivity index (χ1n) is 13.0. The molecule has 6 nitrogen and oxygen atoms in total. The lowest BCUT2D eigenvalue weighted by Crippen LogP contribution is -2.47. The first-order chi connectivity index (χ1) is 15.5. The van der Waals surface area contributed by atoms with Crippen molar-refractivity contribution in [3.8, 4) is 0 Å². The Hall–Kier alpha value is -1.85. The zero-order valence-corrected chi connectivity index (χ0v) is 21.0. The van der Waals surface area contributed by atoms with Crippen LogP contribution in [0.25, 0.3) is 0 Å². The van der Waals surface area contributed by atoms with Crippen molar-refractivity contribution in [3.05, 3.63) is 12.2 Å². The third-order valence-corrected chi connectivity index (χ3v) is 5.41. The van der Waals surface area contributed by atoms with Crippen LogP contribution in [0.15, 0.2) is 12.2 Å². The minimum absolute atomic E-state index is 0.0678. The van der Waals surface area contributed by atoms with E-state index in [1.54, 1.807) is 0 Å². The number of carbonyl (C=O) groups is 3. The van der Waals surface area contributed by atoms with Crippen molar-refractivity contribution in [1.29, 1.82) is 0 Å². The summed E-state index contributed by atoms with van der Waals surface area (Å²) in [5, 5.41) is 8.60. The summed E-state index contributed by atoms with van der Waals surface area (Å²) in [6.07, 6.45) is 18.3. The molecule has 32 heavy (non-hydrogen) atoms. The third-order valence-electron chi connectivity index (χ3n) is 5.41. The van der Waals surface area contributed by atoms with E-state index in [1.165, 1.54) is 19.3 Å². The van der Waals surface area contributed by atoms with Crippen LogP contribution in [-0.2, 0) is 14.4 Å². The summed E-state index contributed by atoms with van der Waals surface area (Å²) in [5.74, 6) is -0.370. The SMILES string of the molecule is CCCCC/C=C/CCCCCC(=O)N[C@@H](CCC(=O)NCCCC)C(=O)NCCCC. The predicted octanol–water partition coefficient (Wildman–Crippen LogP) is 5.17. The lowest BCUT2D eigenvalue weighted by molar-refractivity contribution is -0.129. The summed E-state index contributed by atoms with van der Waals surface area (Å²) < 4.78 is 0. The molecule has 0 aromatic carbocycles. The van der Waals surface area contributed by atoms with E-state index in [0.29, 0.717) is 25.9 Å². The number of nitrogens with one attached hydrogen (secondary N) is 3. The molecule has 0 saturated carbocycles. The third kappa shape index (κ3) is 18.9. The number of allylic oxidation sites excluding steroid dienone is 2. The number of carbonyl (C=O) groups excluding carboxylic acids is 3. The van der Waals surface area contributed by atoms with Crippen LogP contribution >= 0.6 is 0 Å². The van der Waals surface area contributed by atoms with Gasteiger partial charge < -0.3 is 16.0 Å². The Morgan fingerprint density at radius 1 is 0.656 bits per heavy atom. The largest absolute Gasteiger partial charge is 0.356 e.